The number of methoxy groups -OCH3 is 1. The molecule has 0 fully saturated rings. The molecule has 0 saturated heterocycles. The lowest BCUT2D eigenvalue weighted by molar-refractivity contribution is -0.105. The van der Waals surface area contributed by atoms with Gasteiger partial charge in [-0.05, 0) is 23.8 Å². The van der Waals surface area contributed by atoms with Gasteiger partial charge >= 0.3 is 0 Å². The number of aldehydes is 1. The maximum atomic E-state index is 11.6. The van der Waals surface area contributed by atoms with E-state index in [0.29, 0.717) is 5.57 Å². The molecule has 2 heterocycles. The predicted molar refractivity (Wildman–Crippen MR) is 84.9 cm³/mol. The molecular weight excluding hydrogens is 276 g/mol. The zero-order valence-corrected chi connectivity index (χ0v) is 12.1. The van der Waals surface area contributed by atoms with Crippen molar-refractivity contribution in [2.75, 3.05) is 7.11 Å². The summed E-state index contributed by atoms with van der Waals surface area (Å²) in [6, 6.07) is 13.6. The van der Waals surface area contributed by atoms with E-state index in [2.05, 4.69) is 5.10 Å². The Balaban J connectivity index is 1.93. The van der Waals surface area contributed by atoms with Crippen molar-refractivity contribution in [2.24, 2.45) is 0 Å². The minimum atomic E-state index is -0.198. The van der Waals surface area contributed by atoms with E-state index in [-0.39, 0.29) is 6.04 Å². The first-order valence-electron chi connectivity index (χ1n) is 7.09. The van der Waals surface area contributed by atoms with E-state index >= 15 is 0 Å². The quantitative estimate of drug-likeness (QED) is 0.696. The van der Waals surface area contributed by atoms with Gasteiger partial charge in [0.1, 0.15) is 18.1 Å². The molecule has 4 rings (SSSR count). The van der Waals surface area contributed by atoms with Gasteiger partial charge in [-0.25, -0.2) is 0 Å². The number of hydrogen-bond donors (Lipinski definition) is 0. The number of rotatable bonds is 3. The first-order valence-corrected chi connectivity index (χ1v) is 7.09. The van der Waals surface area contributed by atoms with Gasteiger partial charge in [-0.1, -0.05) is 30.3 Å². The molecule has 3 aromatic rings. The summed E-state index contributed by atoms with van der Waals surface area (Å²) >= 11 is 0. The Morgan fingerprint density at radius 3 is 2.73 bits per heavy atom. The topological polar surface area (TPSA) is 44.1 Å². The lowest BCUT2D eigenvalue weighted by Gasteiger charge is -2.24. The van der Waals surface area contributed by atoms with Crippen LogP contribution >= 0.6 is 0 Å². The van der Waals surface area contributed by atoms with Crippen LogP contribution in [0.25, 0.3) is 17.0 Å². The molecule has 1 aliphatic rings. The van der Waals surface area contributed by atoms with Crippen LogP contribution in [0.5, 0.6) is 5.75 Å². The molecule has 2 aromatic carbocycles. The summed E-state index contributed by atoms with van der Waals surface area (Å²) in [6.07, 6.45) is 4.71. The third-order valence-electron chi connectivity index (χ3n) is 4.10. The summed E-state index contributed by atoms with van der Waals surface area (Å²) in [5.74, 6) is 0.794. The van der Waals surface area contributed by atoms with Crippen LogP contribution in [0.4, 0.5) is 0 Å². The van der Waals surface area contributed by atoms with Crippen molar-refractivity contribution in [2.45, 2.75) is 6.04 Å². The largest absolute Gasteiger partial charge is 0.497 e. The van der Waals surface area contributed by atoms with Gasteiger partial charge in [-0.15, -0.1) is 0 Å². The number of allylic oxidation sites excluding steroid dienone is 1. The molecule has 0 unspecified atom stereocenters. The van der Waals surface area contributed by atoms with E-state index in [1.54, 1.807) is 7.11 Å². The summed E-state index contributed by atoms with van der Waals surface area (Å²) in [5.41, 5.74) is 3.81. The molecular formula is C18H14N2O2. The third-order valence-corrected chi connectivity index (χ3v) is 4.10. The number of para-hydroxylation sites is 1. The number of benzene rings is 2. The Labute approximate surface area is 127 Å². The fraction of sp³-hybridized carbons (Fsp3) is 0.111. The first kappa shape index (κ1) is 12.8. The molecule has 0 N–H and O–H groups in total. The summed E-state index contributed by atoms with van der Waals surface area (Å²) in [5, 5.41) is 5.59. The van der Waals surface area contributed by atoms with Crippen LogP contribution in [0.15, 0.2) is 54.2 Å². The van der Waals surface area contributed by atoms with Gasteiger partial charge in [0.05, 0.1) is 18.8 Å². The highest BCUT2D eigenvalue weighted by Gasteiger charge is 2.26. The molecule has 0 aliphatic carbocycles. The lowest BCUT2D eigenvalue weighted by Crippen LogP contribution is -2.18. The molecule has 0 spiro atoms. The molecule has 0 saturated carbocycles. The van der Waals surface area contributed by atoms with Crippen LogP contribution in [0.2, 0.25) is 0 Å². The summed E-state index contributed by atoms with van der Waals surface area (Å²) in [6.45, 7) is 0. The number of aromatic nitrogens is 2. The van der Waals surface area contributed by atoms with E-state index in [1.807, 2.05) is 59.4 Å². The van der Waals surface area contributed by atoms with Crippen molar-refractivity contribution in [1.82, 2.24) is 9.78 Å². The average Bonchev–Trinajstić information content (AvgIpc) is 3.00. The lowest BCUT2D eigenvalue weighted by atomic mass is 9.94. The highest BCUT2D eigenvalue weighted by atomic mass is 16.5. The Hall–Kier alpha value is -2.88. The average molecular weight is 290 g/mol. The Morgan fingerprint density at radius 1 is 1.18 bits per heavy atom. The summed E-state index contributed by atoms with van der Waals surface area (Å²) < 4.78 is 7.13. The Kier molecular flexibility index (Phi) is 2.82. The van der Waals surface area contributed by atoms with Crippen LogP contribution in [0, 0.1) is 0 Å². The third kappa shape index (κ3) is 1.77. The standard InChI is InChI=1S/C18H14N2O2/c1-22-16-7-5-12(6-8-16)17-15(11-21)9-13-3-2-4-14-10-19-20(17)18(13)14/h2-11,17H,1H3/t17-/m1/s1. The minimum absolute atomic E-state index is 0.198. The zero-order valence-electron chi connectivity index (χ0n) is 12.1. The van der Waals surface area contributed by atoms with Crippen molar-refractivity contribution >= 4 is 23.3 Å². The number of nitrogens with zero attached hydrogens (tertiary/aromatic N) is 2. The highest BCUT2D eigenvalue weighted by Crippen LogP contribution is 2.36. The fourth-order valence-electron chi connectivity index (χ4n) is 3.06. The SMILES string of the molecule is COc1ccc([C@@H]2C(C=O)=Cc3cccc4cnn2c34)cc1. The number of hydrogen-bond acceptors (Lipinski definition) is 3. The molecule has 1 aliphatic heterocycles. The first-order chi connectivity index (χ1) is 10.8. The number of ether oxygens (including phenoxy) is 1. The van der Waals surface area contributed by atoms with E-state index in [0.717, 1.165) is 34.1 Å². The maximum Gasteiger partial charge on any atom is 0.148 e. The van der Waals surface area contributed by atoms with Crippen LogP contribution in [-0.4, -0.2) is 23.2 Å². The highest BCUT2D eigenvalue weighted by molar-refractivity contribution is 5.95. The van der Waals surface area contributed by atoms with Crippen LogP contribution in [-0.2, 0) is 4.79 Å². The van der Waals surface area contributed by atoms with Crippen LogP contribution < -0.4 is 4.74 Å². The van der Waals surface area contributed by atoms with Gasteiger partial charge in [-0.2, -0.15) is 5.10 Å². The zero-order chi connectivity index (χ0) is 15.1. The van der Waals surface area contributed by atoms with Crippen molar-refractivity contribution in [3.05, 3.63) is 65.4 Å². The van der Waals surface area contributed by atoms with Crippen LogP contribution in [0.1, 0.15) is 17.2 Å². The van der Waals surface area contributed by atoms with Gasteiger partial charge in [0, 0.05) is 16.5 Å². The van der Waals surface area contributed by atoms with Gasteiger partial charge in [-0.3, -0.25) is 9.48 Å². The van der Waals surface area contributed by atoms with E-state index in [1.165, 1.54) is 0 Å². The molecule has 0 radical (unpaired) electrons. The summed E-state index contributed by atoms with van der Waals surface area (Å²) in [7, 11) is 1.64. The predicted octanol–water partition coefficient (Wildman–Crippen LogP) is 3.23. The molecule has 1 atom stereocenters. The molecule has 1 aromatic heterocycles. The van der Waals surface area contributed by atoms with Gasteiger partial charge in [0.15, 0.2) is 0 Å². The molecule has 4 nitrogen and oxygen atoms in total. The second-order valence-corrected chi connectivity index (χ2v) is 5.31. The van der Waals surface area contributed by atoms with Crippen molar-refractivity contribution in [3.63, 3.8) is 0 Å². The van der Waals surface area contributed by atoms with Gasteiger partial charge in [0.2, 0.25) is 0 Å². The van der Waals surface area contributed by atoms with E-state index in [4.69, 9.17) is 4.74 Å². The maximum absolute atomic E-state index is 11.6. The van der Waals surface area contributed by atoms with Crippen molar-refractivity contribution in [3.8, 4) is 5.75 Å². The van der Waals surface area contributed by atoms with Crippen molar-refractivity contribution in [1.29, 1.82) is 0 Å². The number of carbonyl (C=O) groups excluding carboxylic acids is 1. The van der Waals surface area contributed by atoms with Crippen LogP contribution in [0.3, 0.4) is 0 Å². The Morgan fingerprint density at radius 2 is 2.00 bits per heavy atom. The normalized spacial score (nSPS) is 16.4. The second-order valence-electron chi connectivity index (χ2n) is 5.31. The summed E-state index contributed by atoms with van der Waals surface area (Å²) in [4.78, 5) is 11.6. The van der Waals surface area contributed by atoms with Gasteiger partial charge < -0.3 is 4.74 Å². The molecule has 4 heteroatoms. The van der Waals surface area contributed by atoms with Gasteiger partial charge in [0.25, 0.3) is 0 Å². The van der Waals surface area contributed by atoms with E-state index < -0.39 is 0 Å². The van der Waals surface area contributed by atoms with E-state index in [9.17, 15) is 4.79 Å². The molecule has 0 bridgehead atoms. The minimum Gasteiger partial charge on any atom is -0.497 e. The molecule has 108 valence electrons. The molecule has 22 heavy (non-hydrogen) atoms. The second kappa shape index (κ2) is 4.84. The monoisotopic (exact) mass is 290 g/mol. The van der Waals surface area contributed by atoms with Crippen molar-refractivity contribution < 1.29 is 9.53 Å². The molecule has 0 amide bonds. The smallest absolute Gasteiger partial charge is 0.148 e. The Bertz CT molecular complexity index is 891. The number of carbonyl (C=O) groups is 1. The fourth-order valence-corrected chi connectivity index (χ4v) is 3.06.